The molecular formula is C29H37F3N2O6. The molecular weight excluding hydrogens is 529 g/mol. The summed E-state index contributed by atoms with van der Waals surface area (Å²) in [6.07, 6.45) is -3.21. The quantitative estimate of drug-likeness (QED) is 0.518. The van der Waals surface area contributed by atoms with Crippen molar-refractivity contribution in [3.63, 3.8) is 0 Å². The van der Waals surface area contributed by atoms with E-state index in [1.54, 1.807) is 13.8 Å². The number of hydrogen-bond donors (Lipinski definition) is 1. The number of benzene rings is 1. The molecule has 40 heavy (non-hydrogen) atoms. The van der Waals surface area contributed by atoms with Gasteiger partial charge in [-0.05, 0) is 42.2 Å². The fourth-order valence-corrected chi connectivity index (χ4v) is 6.50. The summed E-state index contributed by atoms with van der Waals surface area (Å²) >= 11 is 0. The van der Waals surface area contributed by atoms with Crippen molar-refractivity contribution in [2.45, 2.75) is 77.6 Å². The second-order valence-corrected chi connectivity index (χ2v) is 11.9. The van der Waals surface area contributed by atoms with E-state index in [9.17, 15) is 14.4 Å². The van der Waals surface area contributed by atoms with Gasteiger partial charge in [0.2, 0.25) is 11.3 Å². The number of rotatable bonds is 6. The molecule has 3 aliphatic rings. The van der Waals surface area contributed by atoms with Crippen molar-refractivity contribution in [1.82, 2.24) is 10.2 Å². The fraction of sp³-hybridized carbons (Fsp3) is 0.621. The third-order valence-corrected chi connectivity index (χ3v) is 8.71. The van der Waals surface area contributed by atoms with Crippen molar-refractivity contribution in [3.8, 4) is 17.2 Å². The summed E-state index contributed by atoms with van der Waals surface area (Å²) in [5, 5.41) is 2.00. The average Bonchev–Trinajstić information content (AvgIpc) is 3.11. The predicted octanol–water partition coefficient (Wildman–Crippen LogP) is 5.05. The van der Waals surface area contributed by atoms with Crippen LogP contribution < -0.4 is 19.5 Å². The van der Waals surface area contributed by atoms with Crippen LogP contribution in [0.1, 0.15) is 70.2 Å². The molecule has 4 atom stereocenters. The smallest absolute Gasteiger partial charge is 0.425 e. The molecule has 1 aromatic carbocycles. The minimum Gasteiger partial charge on any atom is -0.493 e. The van der Waals surface area contributed by atoms with Crippen LogP contribution in [0.4, 0.5) is 13.2 Å². The Labute approximate surface area is 232 Å². The van der Waals surface area contributed by atoms with Crippen molar-refractivity contribution < 1.29 is 41.8 Å². The Bertz CT molecular complexity index is 1230. The molecule has 1 N–H and O–H groups in total. The molecule has 0 saturated heterocycles. The lowest BCUT2D eigenvalue weighted by molar-refractivity contribution is -0.192. The number of halogens is 3. The lowest BCUT2D eigenvalue weighted by Gasteiger charge is -2.43. The molecule has 8 nitrogen and oxygen atoms in total. The number of amides is 2. The first-order valence-corrected chi connectivity index (χ1v) is 13.4. The van der Waals surface area contributed by atoms with Crippen molar-refractivity contribution in [2.75, 3.05) is 21.3 Å². The Hall–Kier alpha value is -3.24. The third kappa shape index (κ3) is 4.60. The number of alkyl halides is 3. The highest BCUT2D eigenvalue weighted by Gasteiger charge is 2.72. The van der Waals surface area contributed by atoms with Crippen LogP contribution in [-0.4, -0.2) is 61.6 Å². The zero-order chi connectivity index (χ0) is 29.8. The summed E-state index contributed by atoms with van der Waals surface area (Å²) in [6.45, 7) is 7.55. The zero-order valence-corrected chi connectivity index (χ0v) is 24.0. The van der Waals surface area contributed by atoms with E-state index in [4.69, 9.17) is 14.2 Å². The Morgan fingerprint density at radius 1 is 1.00 bits per heavy atom. The molecule has 1 heterocycles. The van der Waals surface area contributed by atoms with E-state index in [0.29, 0.717) is 6.42 Å². The van der Waals surface area contributed by atoms with E-state index in [1.165, 1.54) is 38.4 Å². The number of allylic oxidation sites excluding steroid dienone is 1. The first kappa shape index (κ1) is 29.7. The van der Waals surface area contributed by atoms with Gasteiger partial charge >= 0.3 is 6.18 Å². The molecule has 1 aromatic rings. The maximum Gasteiger partial charge on any atom is 0.425 e. The van der Waals surface area contributed by atoms with E-state index in [1.807, 2.05) is 19.2 Å². The van der Waals surface area contributed by atoms with Crippen molar-refractivity contribution in [3.05, 3.63) is 29.0 Å². The number of ketones is 1. The molecule has 1 aliphatic heterocycles. The molecule has 0 radical (unpaired) electrons. The predicted molar refractivity (Wildman–Crippen MR) is 140 cm³/mol. The Morgan fingerprint density at radius 2 is 1.60 bits per heavy atom. The molecule has 2 amide bonds. The standard InChI is InChI=1S/C29H37F3N2O6/c1-15-9-8-10-18(16(15)2)34-19-13-27(3,4)14-20(35)23(19)28(26(34)37,29(30,31)32)33-25(36)17-11-21(38-5)24(40-7)22(12-17)39-6/h11-12,15-16,18H,8-10,13-14H2,1-7H3,(H,33,36)/t15-,16-,18+,28-/m1/s1. The maximum absolute atomic E-state index is 15.3. The van der Waals surface area contributed by atoms with E-state index in [-0.39, 0.29) is 53.2 Å². The molecule has 4 rings (SSSR count). The van der Waals surface area contributed by atoms with Gasteiger partial charge in [0.15, 0.2) is 17.3 Å². The lowest BCUT2D eigenvalue weighted by atomic mass is 9.72. The third-order valence-electron chi connectivity index (χ3n) is 8.71. The molecule has 220 valence electrons. The largest absolute Gasteiger partial charge is 0.493 e. The Morgan fingerprint density at radius 3 is 2.12 bits per heavy atom. The summed E-state index contributed by atoms with van der Waals surface area (Å²) in [4.78, 5) is 42.5. The van der Waals surface area contributed by atoms with Crippen LogP contribution in [-0.2, 0) is 9.59 Å². The van der Waals surface area contributed by atoms with Crippen molar-refractivity contribution in [1.29, 1.82) is 0 Å². The SMILES string of the molecule is COc1cc(C(=O)N[C@@]2(C(F)(F)F)C(=O)N([C@H]3CCC[C@@H](C)[C@H]3C)C3=C2C(=O)CC(C)(C)C3)cc(OC)c1OC. The number of ether oxygens (including phenoxy) is 3. The number of hydrogen-bond acceptors (Lipinski definition) is 6. The maximum atomic E-state index is 15.3. The number of Topliss-reactive ketones (excluding diaryl/α,β-unsaturated/α-hetero) is 1. The number of carbonyl (C=O) groups is 3. The number of carbonyl (C=O) groups excluding carboxylic acids is 3. The second kappa shape index (κ2) is 10.3. The van der Waals surface area contributed by atoms with Gasteiger partial charge in [-0.2, -0.15) is 13.2 Å². The van der Waals surface area contributed by atoms with E-state index in [2.05, 4.69) is 0 Å². The molecule has 0 spiro atoms. The molecule has 0 bridgehead atoms. The number of methoxy groups -OCH3 is 3. The molecule has 0 aromatic heterocycles. The van der Waals surface area contributed by atoms with Gasteiger partial charge < -0.3 is 24.4 Å². The topological polar surface area (TPSA) is 94.2 Å². The molecule has 11 heteroatoms. The first-order valence-electron chi connectivity index (χ1n) is 13.4. The molecule has 1 saturated carbocycles. The minimum atomic E-state index is -5.30. The van der Waals surface area contributed by atoms with E-state index in [0.717, 1.165) is 12.8 Å². The van der Waals surface area contributed by atoms with Gasteiger partial charge in [-0.3, -0.25) is 14.4 Å². The van der Waals surface area contributed by atoms with Crippen LogP contribution in [0, 0.1) is 17.3 Å². The lowest BCUT2D eigenvalue weighted by Crippen LogP contribution is -2.67. The Balaban J connectivity index is 1.90. The van der Waals surface area contributed by atoms with Crippen LogP contribution >= 0.6 is 0 Å². The minimum absolute atomic E-state index is 0.0489. The van der Waals surface area contributed by atoms with Gasteiger partial charge in [0.1, 0.15) is 0 Å². The van der Waals surface area contributed by atoms with Crippen LogP contribution in [0.15, 0.2) is 23.4 Å². The summed E-state index contributed by atoms with van der Waals surface area (Å²) in [6, 6.07) is 1.87. The molecule has 1 fully saturated rings. The average molecular weight is 567 g/mol. The van der Waals surface area contributed by atoms with Gasteiger partial charge in [0.25, 0.3) is 11.8 Å². The Kier molecular flexibility index (Phi) is 7.66. The fourth-order valence-electron chi connectivity index (χ4n) is 6.50. The summed E-state index contributed by atoms with van der Waals surface area (Å²) in [5.74, 6) is -3.00. The summed E-state index contributed by atoms with van der Waals surface area (Å²) < 4.78 is 61.6. The first-order chi connectivity index (χ1) is 18.6. The number of nitrogens with one attached hydrogen (secondary N) is 1. The highest BCUT2D eigenvalue weighted by atomic mass is 19.4. The normalized spacial score (nSPS) is 28.4. The van der Waals surface area contributed by atoms with Gasteiger partial charge in [-0.25, -0.2) is 0 Å². The second-order valence-electron chi connectivity index (χ2n) is 11.9. The summed E-state index contributed by atoms with van der Waals surface area (Å²) in [5.41, 5.74) is -5.03. The molecule has 0 unspecified atom stereocenters. The highest BCUT2D eigenvalue weighted by molar-refractivity contribution is 6.14. The number of nitrogens with zero attached hydrogens (tertiary/aromatic N) is 1. The van der Waals surface area contributed by atoms with Crippen LogP contribution in [0.2, 0.25) is 0 Å². The zero-order valence-electron chi connectivity index (χ0n) is 24.0. The molecule has 2 aliphatic carbocycles. The van der Waals surface area contributed by atoms with Gasteiger partial charge in [0.05, 0.1) is 26.9 Å². The van der Waals surface area contributed by atoms with Crippen LogP contribution in [0.5, 0.6) is 17.2 Å². The summed E-state index contributed by atoms with van der Waals surface area (Å²) in [7, 11) is 3.96. The van der Waals surface area contributed by atoms with E-state index >= 15 is 13.2 Å². The van der Waals surface area contributed by atoms with Crippen LogP contribution in [0.3, 0.4) is 0 Å². The van der Waals surface area contributed by atoms with Crippen LogP contribution in [0.25, 0.3) is 0 Å². The van der Waals surface area contributed by atoms with Crippen molar-refractivity contribution >= 4 is 17.6 Å². The van der Waals surface area contributed by atoms with Gasteiger partial charge in [0, 0.05) is 23.7 Å². The van der Waals surface area contributed by atoms with Gasteiger partial charge in [-0.1, -0.05) is 40.5 Å². The highest BCUT2D eigenvalue weighted by Crippen LogP contribution is 2.54. The van der Waals surface area contributed by atoms with Gasteiger partial charge in [-0.15, -0.1) is 0 Å². The van der Waals surface area contributed by atoms with E-state index < -0.39 is 46.3 Å². The monoisotopic (exact) mass is 566 g/mol. The van der Waals surface area contributed by atoms with Crippen molar-refractivity contribution in [2.24, 2.45) is 17.3 Å².